The van der Waals surface area contributed by atoms with Crippen molar-refractivity contribution in [3.05, 3.63) is 99.7 Å². The number of rotatable bonds is 4. The Morgan fingerprint density at radius 3 is 2.48 bits per heavy atom. The van der Waals surface area contributed by atoms with Crippen LogP contribution in [0.3, 0.4) is 0 Å². The molecule has 5 rings (SSSR count). The molecule has 1 aliphatic carbocycles. The maximum absolute atomic E-state index is 11.5. The number of nitro groups is 1. The van der Waals surface area contributed by atoms with E-state index in [2.05, 4.69) is 41.0 Å². The molecule has 0 spiro atoms. The van der Waals surface area contributed by atoms with Crippen LogP contribution in [0.1, 0.15) is 29.7 Å². The Morgan fingerprint density at radius 2 is 1.66 bits per heavy atom. The van der Waals surface area contributed by atoms with Gasteiger partial charge in [-0.05, 0) is 54.5 Å². The fraction of sp³-hybridized carbons (Fsp3) is 0.200. The average Bonchev–Trinajstić information content (AvgIpc) is 3.07. The molecule has 1 aliphatic rings. The van der Waals surface area contributed by atoms with Crippen LogP contribution in [0.4, 0.5) is 5.69 Å². The van der Waals surface area contributed by atoms with Crippen LogP contribution in [-0.2, 0) is 19.4 Å². The summed E-state index contributed by atoms with van der Waals surface area (Å²) in [7, 11) is 0. The van der Waals surface area contributed by atoms with Crippen LogP contribution >= 0.6 is 0 Å². The zero-order valence-corrected chi connectivity index (χ0v) is 16.2. The summed E-state index contributed by atoms with van der Waals surface area (Å²) in [4.78, 5) is 11.2. The minimum absolute atomic E-state index is 0.151. The normalized spacial score (nSPS) is 13.4. The van der Waals surface area contributed by atoms with E-state index in [4.69, 9.17) is 0 Å². The molecule has 0 N–H and O–H groups in total. The molecular weight excluding hydrogens is 360 g/mol. The Hall–Kier alpha value is -3.40. The SMILES string of the molecule is O=[N+]([O-])c1ccccc1-c1ccc2c3c(n(Cc4ccccc4)c2c1)CCCC3. The number of aryl methyl sites for hydroxylation is 1. The number of fused-ring (bicyclic) bond motifs is 3. The van der Waals surface area contributed by atoms with E-state index in [0.717, 1.165) is 24.9 Å². The molecule has 29 heavy (non-hydrogen) atoms. The van der Waals surface area contributed by atoms with Crippen LogP contribution in [-0.4, -0.2) is 9.49 Å². The van der Waals surface area contributed by atoms with E-state index in [1.807, 2.05) is 24.3 Å². The summed E-state index contributed by atoms with van der Waals surface area (Å²) in [6.07, 6.45) is 4.65. The summed E-state index contributed by atoms with van der Waals surface area (Å²) in [6, 6.07) is 23.8. The first-order valence-electron chi connectivity index (χ1n) is 10.1. The molecule has 3 aromatic carbocycles. The van der Waals surface area contributed by atoms with Gasteiger partial charge in [0, 0.05) is 29.2 Å². The average molecular weight is 382 g/mol. The van der Waals surface area contributed by atoms with Gasteiger partial charge in [0.2, 0.25) is 0 Å². The predicted octanol–water partition coefficient (Wildman–Crippen LogP) is 6.14. The number of para-hydroxylation sites is 1. The molecule has 0 amide bonds. The monoisotopic (exact) mass is 382 g/mol. The molecule has 0 saturated heterocycles. The summed E-state index contributed by atoms with van der Waals surface area (Å²) in [5.41, 5.74) is 7.05. The standard InChI is InChI=1S/C25H22N2O2/c28-27(29)24-13-7-4-10-20(24)19-14-15-22-21-11-5-6-12-23(21)26(25(22)16-19)17-18-8-2-1-3-9-18/h1-4,7-10,13-16H,5-6,11-12,17H2. The fourth-order valence-corrected chi connectivity index (χ4v) is 4.62. The first-order chi connectivity index (χ1) is 14.2. The number of hydrogen-bond donors (Lipinski definition) is 0. The Bertz CT molecular complexity index is 1210. The summed E-state index contributed by atoms with van der Waals surface area (Å²) < 4.78 is 2.43. The zero-order valence-electron chi connectivity index (χ0n) is 16.2. The van der Waals surface area contributed by atoms with Crippen molar-refractivity contribution >= 4 is 16.6 Å². The van der Waals surface area contributed by atoms with Crippen LogP contribution in [0.2, 0.25) is 0 Å². The first-order valence-corrected chi connectivity index (χ1v) is 10.1. The van der Waals surface area contributed by atoms with Gasteiger partial charge in [-0.2, -0.15) is 0 Å². The van der Waals surface area contributed by atoms with Gasteiger partial charge in [0.05, 0.1) is 10.5 Å². The molecule has 144 valence electrons. The van der Waals surface area contributed by atoms with Crippen LogP contribution in [0, 0.1) is 10.1 Å². The van der Waals surface area contributed by atoms with Crippen molar-refractivity contribution in [2.75, 3.05) is 0 Å². The van der Waals surface area contributed by atoms with E-state index in [1.165, 1.54) is 40.6 Å². The topological polar surface area (TPSA) is 48.1 Å². The second-order valence-electron chi connectivity index (χ2n) is 7.71. The lowest BCUT2D eigenvalue weighted by molar-refractivity contribution is -0.384. The molecular formula is C25H22N2O2. The second kappa shape index (κ2) is 7.21. The Labute approximate surface area is 169 Å². The lowest BCUT2D eigenvalue weighted by atomic mass is 9.94. The number of hydrogen-bond acceptors (Lipinski definition) is 2. The van der Waals surface area contributed by atoms with Crippen molar-refractivity contribution in [1.29, 1.82) is 0 Å². The zero-order chi connectivity index (χ0) is 19.8. The van der Waals surface area contributed by atoms with Gasteiger partial charge in [-0.25, -0.2) is 0 Å². The fourth-order valence-electron chi connectivity index (χ4n) is 4.62. The third kappa shape index (κ3) is 3.11. The Kier molecular flexibility index (Phi) is 4.39. The maximum atomic E-state index is 11.5. The van der Waals surface area contributed by atoms with E-state index in [-0.39, 0.29) is 10.6 Å². The summed E-state index contributed by atoms with van der Waals surface area (Å²) in [6.45, 7) is 0.826. The van der Waals surface area contributed by atoms with Gasteiger partial charge in [-0.3, -0.25) is 10.1 Å². The molecule has 0 atom stereocenters. The van der Waals surface area contributed by atoms with Crippen molar-refractivity contribution in [3.63, 3.8) is 0 Å². The summed E-state index contributed by atoms with van der Waals surface area (Å²) in [5, 5.41) is 12.8. The Morgan fingerprint density at radius 1 is 0.897 bits per heavy atom. The van der Waals surface area contributed by atoms with Crippen LogP contribution < -0.4 is 0 Å². The van der Waals surface area contributed by atoms with Gasteiger partial charge < -0.3 is 4.57 Å². The van der Waals surface area contributed by atoms with Crippen molar-refractivity contribution in [2.45, 2.75) is 32.2 Å². The molecule has 0 radical (unpaired) electrons. The number of nitrogens with zero attached hydrogens (tertiary/aromatic N) is 2. The smallest absolute Gasteiger partial charge is 0.277 e. The van der Waals surface area contributed by atoms with Crippen molar-refractivity contribution in [1.82, 2.24) is 4.57 Å². The minimum atomic E-state index is -0.298. The maximum Gasteiger partial charge on any atom is 0.277 e. The number of benzene rings is 3. The van der Waals surface area contributed by atoms with E-state index in [0.29, 0.717) is 5.56 Å². The quantitative estimate of drug-likeness (QED) is 0.314. The third-order valence-corrected chi connectivity index (χ3v) is 5.97. The highest BCUT2D eigenvalue weighted by molar-refractivity contribution is 5.91. The molecule has 0 fully saturated rings. The van der Waals surface area contributed by atoms with Gasteiger partial charge >= 0.3 is 0 Å². The molecule has 4 heteroatoms. The number of aromatic nitrogens is 1. The van der Waals surface area contributed by atoms with Gasteiger partial charge in [-0.1, -0.05) is 54.6 Å². The van der Waals surface area contributed by atoms with E-state index >= 15 is 0 Å². The second-order valence-corrected chi connectivity index (χ2v) is 7.71. The molecule has 4 nitrogen and oxygen atoms in total. The van der Waals surface area contributed by atoms with Crippen LogP contribution in [0.15, 0.2) is 72.8 Å². The lowest BCUT2D eigenvalue weighted by Gasteiger charge is -2.16. The largest absolute Gasteiger partial charge is 0.340 e. The third-order valence-electron chi connectivity index (χ3n) is 5.97. The molecule has 0 unspecified atom stereocenters. The highest BCUT2D eigenvalue weighted by Gasteiger charge is 2.22. The van der Waals surface area contributed by atoms with Crippen molar-refractivity contribution < 1.29 is 4.92 Å². The predicted molar refractivity (Wildman–Crippen MR) is 116 cm³/mol. The lowest BCUT2D eigenvalue weighted by Crippen LogP contribution is -2.09. The van der Waals surface area contributed by atoms with E-state index in [9.17, 15) is 10.1 Å². The first kappa shape index (κ1) is 17.7. The summed E-state index contributed by atoms with van der Waals surface area (Å²) >= 11 is 0. The van der Waals surface area contributed by atoms with Gasteiger partial charge in [0.1, 0.15) is 0 Å². The highest BCUT2D eigenvalue weighted by atomic mass is 16.6. The van der Waals surface area contributed by atoms with Gasteiger partial charge in [-0.15, -0.1) is 0 Å². The van der Waals surface area contributed by atoms with Gasteiger partial charge in [0.15, 0.2) is 0 Å². The van der Waals surface area contributed by atoms with Crippen LogP contribution in [0.5, 0.6) is 0 Å². The summed E-state index contributed by atoms with van der Waals surface area (Å²) in [5.74, 6) is 0. The molecule has 0 saturated carbocycles. The molecule has 1 heterocycles. The Balaban J connectivity index is 1.71. The van der Waals surface area contributed by atoms with Crippen LogP contribution in [0.25, 0.3) is 22.0 Å². The molecule has 0 aliphatic heterocycles. The highest BCUT2D eigenvalue weighted by Crippen LogP contribution is 2.37. The van der Waals surface area contributed by atoms with Gasteiger partial charge in [0.25, 0.3) is 5.69 Å². The van der Waals surface area contributed by atoms with Crippen molar-refractivity contribution in [2.24, 2.45) is 0 Å². The number of nitro benzene ring substituents is 1. The minimum Gasteiger partial charge on any atom is -0.340 e. The molecule has 1 aromatic heterocycles. The molecule has 4 aromatic rings. The van der Waals surface area contributed by atoms with Crippen molar-refractivity contribution in [3.8, 4) is 11.1 Å². The molecule has 0 bridgehead atoms. The van der Waals surface area contributed by atoms with E-state index in [1.54, 1.807) is 12.1 Å². The van der Waals surface area contributed by atoms with E-state index < -0.39 is 0 Å².